The number of ether oxygens (including phenoxy) is 2. The first-order valence-electron chi connectivity index (χ1n) is 16.1. The lowest BCUT2D eigenvalue weighted by Gasteiger charge is -2.41. The highest BCUT2D eigenvalue weighted by atomic mass is 32.3. The second kappa shape index (κ2) is 13.7. The fraction of sp³-hybridized carbons (Fsp3) is 0.471. The van der Waals surface area contributed by atoms with Crippen molar-refractivity contribution < 1.29 is 23.4 Å². The Morgan fingerprint density at radius 2 is 2.00 bits per heavy atom. The topological polar surface area (TPSA) is 135 Å². The Morgan fingerprint density at radius 3 is 2.76 bits per heavy atom. The molecule has 4 aromatic rings. The summed E-state index contributed by atoms with van der Waals surface area (Å²) in [6.07, 6.45) is 4.30. The molecule has 2 aromatic carbocycles. The van der Waals surface area contributed by atoms with Crippen molar-refractivity contribution in [1.82, 2.24) is 29.6 Å². The molecule has 0 aliphatic carbocycles. The zero-order valence-corrected chi connectivity index (χ0v) is 27.8. The summed E-state index contributed by atoms with van der Waals surface area (Å²) in [6, 6.07) is 13.7. The number of aryl methyl sites for hydroxylation is 3. The third-order valence-electron chi connectivity index (χ3n) is 9.25. The molecule has 46 heavy (non-hydrogen) atoms. The Kier molecular flexibility index (Phi) is 9.62. The maximum Gasteiger partial charge on any atom is 0.239 e. The summed E-state index contributed by atoms with van der Waals surface area (Å²) in [7, 11) is -3.38. The van der Waals surface area contributed by atoms with Crippen molar-refractivity contribution in [1.29, 1.82) is 0 Å². The van der Waals surface area contributed by atoms with E-state index in [0.29, 0.717) is 31.0 Å². The summed E-state index contributed by atoms with van der Waals surface area (Å²) in [5.41, 5.74) is 6.72. The van der Waals surface area contributed by atoms with E-state index >= 15 is 0 Å². The second-order valence-corrected chi connectivity index (χ2v) is 14.2. The van der Waals surface area contributed by atoms with E-state index in [1.54, 1.807) is 22.6 Å². The molecule has 2 aromatic heterocycles. The molecule has 2 aliphatic heterocycles. The fourth-order valence-electron chi connectivity index (χ4n) is 6.47. The summed E-state index contributed by atoms with van der Waals surface area (Å²) < 4.78 is 38.6. The number of aromatic nitrogens is 4. The molecule has 1 saturated heterocycles. The quantitative estimate of drug-likeness (QED) is 0.190. The van der Waals surface area contributed by atoms with Crippen LogP contribution in [0, 0.1) is 13.8 Å². The smallest absolute Gasteiger partial charge is 0.239 e. The van der Waals surface area contributed by atoms with Gasteiger partial charge in [0.25, 0.3) is 0 Å². The van der Waals surface area contributed by atoms with Gasteiger partial charge in [-0.1, -0.05) is 36.4 Å². The van der Waals surface area contributed by atoms with Gasteiger partial charge in [-0.05, 0) is 86.1 Å². The van der Waals surface area contributed by atoms with Crippen LogP contribution in [0.2, 0.25) is 0 Å². The van der Waals surface area contributed by atoms with E-state index < -0.39 is 10.8 Å². The van der Waals surface area contributed by atoms with Gasteiger partial charge in [0, 0.05) is 44.8 Å². The number of rotatable bonds is 10. The highest BCUT2D eigenvalue weighted by molar-refractivity contribution is 8.22. The van der Waals surface area contributed by atoms with Crippen LogP contribution in [0.3, 0.4) is 0 Å². The van der Waals surface area contributed by atoms with Gasteiger partial charge in [0.2, 0.25) is 11.8 Å². The summed E-state index contributed by atoms with van der Waals surface area (Å²) >= 11 is 0. The van der Waals surface area contributed by atoms with Gasteiger partial charge < -0.3 is 14.8 Å². The zero-order valence-electron chi connectivity index (χ0n) is 27.0. The molecule has 0 radical (unpaired) electrons. The molecule has 0 saturated carbocycles. The summed E-state index contributed by atoms with van der Waals surface area (Å²) in [6.45, 7) is 10.7. The lowest BCUT2D eigenvalue weighted by molar-refractivity contribution is -0.121. The van der Waals surface area contributed by atoms with Gasteiger partial charge in [-0.25, -0.2) is 9.67 Å². The first kappa shape index (κ1) is 32.4. The highest BCUT2D eigenvalue weighted by Crippen LogP contribution is 2.57. The van der Waals surface area contributed by atoms with Crippen molar-refractivity contribution in [2.45, 2.75) is 89.5 Å². The predicted molar refractivity (Wildman–Crippen MR) is 178 cm³/mol. The number of hydrogen-bond acceptors (Lipinski definition) is 9. The minimum Gasteiger partial charge on any atom is -0.472 e. The number of pyridine rings is 1. The largest absolute Gasteiger partial charge is 0.472 e. The van der Waals surface area contributed by atoms with E-state index in [1.165, 1.54) is 0 Å². The molecule has 2 aliphatic rings. The Labute approximate surface area is 271 Å². The molecule has 11 nitrogen and oxygen atoms in total. The third-order valence-corrected chi connectivity index (χ3v) is 11.2. The standard InChI is InChI=1S/C34H44N6O5S/c1-5-26-21-39(46(42,43)31-10-7-15-35-34(31)45-26)20-25-17-24(12-11-22(25)3)29(18-32(41)36-19-27-9-8-16-44-27)28-13-14-30-33(23(28)4)37-38-40(30)6-2/h7,10-15,17,26-27,29,42-43H,5-6,8-9,16,18-21H2,1-4H3,(H,36,41)/t26-,27?,29+/m1/s1. The van der Waals surface area contributed by atoms with Crippen molar-refractivity contribution in [3.63, 3.8) is 0 Å². The van der Waals surface area contributed by atoms with Crippen LogP contribution in [0.5, 0.6) is 5.88 Å². The van der Waals surface area contributed by atoms with E-state index in [4.69, 9.17) is 9.47 Å². The molecule has 0 bridgehead atoms. The summed E-state index contributed by atoms with van der Waals surface area (Å²) in [5.74, 6) is -0.0449. The van der Waals surface area contributed by atoms with E-state index in [1.807, 2.05) is 38.4 Å². The lowest BCUT2D eigenvalue weighted by Crippen LogP contribution is -2.34. The molecular formula is C34H44N6O5S. The van der Waals surface area contributed by atoms with Crippen LogP contribution in [0.4, 0.5) is 0 Å². The first-order chi connectivity index (χ1) is 22.2. The van der Waals surface area contributed by atoms with Crippen molar-refractivity contribution >= 4 is 27.7 Å². The van der Waals surface area contributed by atoms with Crippen molar-refractivity contribution in [3.05, 3.63) is 76.5 Å². The van der Waals surface area contributed by atoms with Gasteiger partial charge in [0.1, 0.15) is 16.5 Å². The molecule has 4 heterocycles. The molecule has 1 unspecified atom stereocenters. The van der Waals surface area contributed by atoms with Gasteiger partial charge in [-0.3, -0.25) is 13.9 Å². The van der Waals surface area contributed by atoms with E-state index in [-0.39, 0.29) is 42.9 Å². The van der Waals surface area contributed by atoms with Crippen molar-refractivity contribution in [2.24, 2.45) is 0 Å². The van der Waals surface area contributed by atoms with E-state index in [2.05, 4.69) is 44.9 Å². The average Bonchev–Trinajstić information content (AvgIpc) is 3.72. The number of hydrogen-bond donors (Lipinski definition) is 3. The Balaban J connectivity index is 1.35. The maximum absolute atomic E-state index is 13.5. The SMILES string of the molecule is CC[C@@H]1CN(Cc2cc([C@H](CC(=O)NCC3CCCO3)c3ccc4c(nnn4CC)c3C)ccc2C)S(O)(O)c2cccnc2O1. The number of fused-ring (bicyclic) bond motifs is 2. The van der Waals surface area contributed by atoms with E-state index in [0.717, 1.165) is 58.3 Å². The molecular weight excluding hydrogens is 604 g/mol. The minimum absolute atomic E-state index is 0.0481. The fourth-order valence-corrected chi connectivity index (χ4v) is 8.03. The van der Waals surface area contributed by atoms with Crippen LogP contribution < -0.4 is 10.1 Å². The molecule has 3 N–H and O–H groups in total. The summed E-state index contributed by atoms with van der Waals surface area (Å²) in [4.78, 5) is 18.1. The van der Waals surface area contributed by atoms with Crippen LogP contribution in [-0.2, 0) is 22.6 Å². The molecule has 6 rings (SSSR count). The van der Waals surface area contributed by atoms with Crippen molar-refractivity contribution in [2.75, 3.05) is 19.7 Å². The Hall–Kier alpha value is -3.55. The second-order valence-electron chi connectivity index (χ2n) is 12.2. The molecule has 3 atom stereocenters. The Morgan fingerprint density at radius 1 is 1.15 bits per heavy atom. The molecule has 12 heteroatoms. The maximum atomic E-state index is 13.5. The molecule has 1 amide bonds. The normalized spacial score (nSPS) is 20.9. The number of nitrogens with zero attached hydrogens (tertiary/aromatic N) is 5. The predicted octanol–water partition coefficient (Wildman–Crippen LogP) is 5.98. The first-order valence-corrected chi connectivity index (χ1v) is 17.6. The van der Waals surface area contributed by atoms with Gasteiger partial charge >= 0.3 is 0 Å². The van der Waals surface area contributed by atoms with Crippen LogP contribution in [-0.4, -0.2) is 71.2 Å². The van der Waals surface area contributed by atoms with Crippen LogP contribution in [0.1, 0.15) is 73.3 Å². The van der Waals surface area contributed by atoms with Gasteiger partial charge in [0.15, 0.2) is 0 Å². The summed E-state index contributed by atoms with van der Waals surface area (Å²) in [5, 5.41) is 11.9. The lowest BCUT2D eigenvalue weighted by atomic mass is 9.84. The highest BCUT2D eigenvalue weighted by Gasteiger charge is 2.36. The Bertz CT molecular complexity index is 1700. The van der Waals surface area contributed by atoms with Crippen LogP contribution in [0.25, 0.3) is 11.0 Å². The third kappa shape index (κ3) is 6.50. The monoisotopic (exact) mass is 648 g/mol. The van der Waals surface area contributed by atoms with Crippen LogP contribution >= 0.6 is 10.8 Å². The van der Waals surface area contributed by atoms with E-state index in [9.17, 15) is 13.9 Å². The number of carbonyl (C=O) groups is 1. The van der Waals surface area contributed by atoms with Gasteiger partial charge in [0.05, 0.1) is 18.2 Å². The molecule has 1 fully saturated rings. The number of benzene rings is 2. The number of nitrogens with one attached hydrogen (secondary N) is 1. The van der Waals surface area contributed by atoms with Crippen LogP contribution in [0.15, 0.2) is 53.6 Å². The van der Waals surface area contributed by atoms with Crippen molar-refractivity contribution in [3.8, 4) is 5.88 Å². The van der Waals surface area contributed by atoms with Gasteiger partial charge in [-0.2, -0.15) is 4.31 Å². The minimum atomic E-state index is -3.38. The molecule has 246 valence electrons. The van der Waals surface area contributed by atoms with Gasteiger partial charge in [-0.15, -0.1) is 15.9 Å². The average molecular weight is 649 g/mol. The number of amides is 1. The number of carbonyl (C=O) groups excluding carboxylic acids is 1. The zero-order chi connectivity index (χ0) is 32.4. The molecule has 0 spiro atoms.